The van der Waals surface area contributed by atoms with Crippen molar-refractivity contribution in [3.05, 3.63) is 36.0 Å². The summed E-state index contributed by atoms with van der Waals surface area (Å²) >= 11 is 0. The van der Waals surface area contributed by atoms with Gasteiger partial charge in [-0.05, 0) is 31.4 Å². The van der Waals surface area contributed by atoms with Crippen LogP contribution in [0.2, 0.25) is 0 Å². The summed E-state index contributed by atoms with van der Waals surface area (Å²) < 4.78 is 0. The lowest BCUT2D eigenvalue weighted by Gasteiger charge is -2.04. The van der Waals surface area contributed by atoms with Crippen LogP contribution in [0, 0.1) is 0 Å². The molecule has 0 saturated heterocycles. The maximum Gasteiger partial charge on any atom is 0.267 e. The van der Waals surface area contributed by atoms with E-state index >= 15 is 0 Å². The minimum absolute atomic E-state index is 0.0809. The monoisotopic (exact) mass is 285 g/mol. The molecule has 1 aliphatic carbocycles. The highest BCUT2D eigenvalue weighted by Crippen LogP contribution is 2.18. The van der Waals surface area contributed by atoms with E-state index in [2.05, 4.69) is 15.6 Å². The van der Waals surface area contributed by atoms with Crippen LogP contribution in [0.3, 0.4) is 0 Å². The molecule has 1 fully saturated rings. The van der Waals surface area contributed by atoms with Gasteiger partial charge in [-0.1, -0.05) is 18.2 Å². The fourth-order valence-corrected chi connectivity index (χ4v) is 2.27. The number of hydrogen-bond donors (Lipinski definition) is 3. The number of fused-ring (bicyclic) bond motifs is 1. The summed E-state index contributed by atoms with van der Waals surface area (Å²) in [5.41, 5.74) is 1.50. The Labute approximate surface area is 123 Å². The number of H-pyrrole nitrogens is 1. The second-order valence-corrected chi connectivity index (χ2v) is 5.47. The van der Waals surface area contributed by atoms with Crippen molar-refractivity contribution in [1.29, 1.82) is 0 Å². The molecular weight excluding hydrogens is 266 g/mol. The van der Waals surface area contributed by atoms with Crippen LogP contribution in [0.15, 0.2) is 30.3 Å². The summed E-state index contributed by atoms with van der Waals surface area (Å²) in [6.07, 6.45) is 3.32. The Morgan fingerprint density at radius 3 is 2.81 bits per heavy atom. The quantitative estimate of drug-likeness (QED) is 0.710. The molecule has 5 nitrogen and oxygen atoms in total. The van der Waals surface area contributed by atoms with E-state index in [-0.39, 0.29) is 11.8 Å². The summed E-state index contributed by atoms with van der Waals surface area (Å²) in [5.74, 6) is -0.0498. The summed E-state index contributed by atoms with van der Waals surface area (Å²) in [7, 11) is 0. The molecule has 1 aliphatic rings. The van der Waals surface area contributed by atoms with E-state index < -0.39 is 0 Å². The predicted molar refractivity (Wildman–Crippen MR) is 81.0 cm³/mol. The molecule has 1 saturated carbocycles. The smallest absolute Gasteiger partial charge is 0.267 e. The van der Waals surface area contributed by atoms with E-state index in [4.69, 9.17) is 0 Å². The van der Waals surface area contributed by atoms with Crippen molar-refractivity contribution in [2.45, 2.75) is 31.7 Å². The molecule has 0 spiro atoms. The molecule has 3 N–H and O–H groups in total. The third-order valence-electron chi connectivity index (χ3n) is 3.58. The van der Waals surface area contributed by atoms with Gasteiger partial charge in [-0.25, -0.2) is 0 Å². The van der Waals surface area contributed by atoms with Crippen molar-refractivity contribution < 1.29 is 9.59 Å². The Morgan fingerprint density at radius 2 is 2.05 bits per heavy atom. The molecule has 3 rings (SSSR count). The molecule has 21 heavy (non-hydrogen) atoms. The maximum atomic E-state index is 12.0. The van der Waals surface area contributed by atoms with Crippen molar-refractivity contribution >= 4 is 22.7 Å². The van der Waals surface area contributed by atoms with Crippen LogP contribution < -0.4 is 10.6 Å². The van der Waals surface area contributed by atoms with Crippen LogP contribution >= 0.6 is 0 Å². The lowest BCUT2D eigenvalue weighted by molar-refractivity contribution is -0.121. The average molecular weight is 285 g/mol. The van der Waals surface area contributed by atoms with Crippen molar-refractivity contribution in [1.82, 2.24) is 15.6 Å². The van der Waals surface area contributed by atoms with Gasteiger partial charge < -0.3 is 15.6 Å². The van der Waals surface area contributed by atoms with E-state index in [1.54, 1.807) is 0 Å². The third kappa shape index (κ3) is 3.62. The predicted octanol–water partition coefficient (Wildman–Crippen LogP) is 1.96. The zero-order chi connectivity index (χ0) is 14.7. The molecular formula is C16H19N3O2. The number of hydrogen-bond acceptors (Lipinski definition) is 2. The normalized spacial score (nSPS) is 14.1. The SMILES string of the molecule is O=C(CCCNC(=O)c1cc2ccccc2[nH]1)NC1CC1. The highest BCUT2D eigenvalue weighted by molar-refractivity contribution is 5.97. The summed E-state index contributed by atoms with van der Waals surface area (Å²) in [5, 5.41) is 6.79. The zero-order valence-electron chi connectivity index (χ0n) is 11.8. The first kappa shape index (κ1) is 13.7. The number of rotatable bonds is 6. The average Bonchev–Trinajstić information content (AvgIpc) is 3.18. The van der Waals surface area contributed by atoms with Gasteiger partial charge in [-0.3, -0.25) is 9.59 Å². The molecule has 1 heterocycles. The van der Waals surface area contributed by atoms with E-state index in [9.17, 15) is 9.59 Å². The van der Waals surface area contributed by atoms with Crippen molar-refractivity contribution in [3.63, 3.8) is 0 Å². The van der Waals surface area contributed by atoms with E-state index in [1.807, 2.05) is 30.3 Å². The number of para-hydroxylation sites is 1. The van der Waals surface area contributed by atoms with E-state index in [1.165, 1.54) is 0 Å². The number of carbonyl (C=O) groups excluding carboxylic acids is 2. The third-order valence-corrected chi connectivity index (χ3v) is 3.58. The highest BCUT2D eigenvalue weighted by Gasteiger charge is 2.22. The van der Waals surface area contributed by atoms with Crippen molar-refractivity contribution in [2.75, 3.05) is 6.54 Å². The number of nitrogens with one attached hydrogen (secondary N) is 3. The molecule has 0 bridgehead atoms. The first-order valence-corrected chi connectivity index (χ1v) is 7.38. The van der Waals surface area contributed by atoms with Gasteiger partial charge in [0.05, 0.1) is 0 Å². The molecule has 110 valence electrons. The largest absolute Gasteiger partial charge is 0.353 e. The number of benzene rings is 1. The number of carbonyl (C=O) groups is 2. The number of amides is 2. The summed E-state index contributed by atoms with van der Waals surface area (Å²) in [6, 6.07) is 10.0. The second kappa shape index (κ2) is 5.99. The van der Waals surface area contributed by atoms with Crippen LogP contribution in [0.5, 0.6) is 0 Å². The first-order valence-electron chi connectivity index (χ1n) is 7.38. The van der Waals surface area contributed by atoms with Crippen molar-refractivity contribution in [3.8, 4) is 0 Å². The Bertz CT molecular complexity index is 625. The van der Waals surface area contributed by atoms with Gasteiger partial charge in [0.25, 0.3) is 5.91 Å². The van der Waals surface area contributed by atoms with Gasteiger partial charge in [0.2, 0.25) is 5.91 Å². The van der Waals surface area contributed by atoms with Crippen molar-refractivity contribution in [2.24, 2.45) is 0 Å². The lowest BCUT2D eigenvalue weighted by Crippen LogP contribution is -2.28. The molecule has 0 radical (unpaired) electrons. The van der Waals surface area contributed by atoms with Gasteiger partial charge in [-0.2, -0.15) is 0 Å². The molecule has 0 unspecified atom stereocenters. The van der Waals surface area contributed by atoms with Crippen LogP contribution in [0.25, 0.3) is 10.9 Å². The summed E-state index contributed by atoms with van der Waals surface area (Å²) in [6.45, 7) is 0.506. The van der Waals surface area contributed by atoms with E-state index in [0.29, 0.717) is 31.1 Å². The van der Waals surface area contributed by atoms with Gasteiger partial charge in [-0.15, -0.1) is 0 Å². The van der Waals surface area contributed by atoms with Crippen LogP contribution in [-0.4, -0.2) is 29.4 Å². The topological polar surface area (TPSA) is 74.0 Å². The minimum Gasteiger partial charge on any atom is -0.353 e. The Morgan fingerprint density at radius 1 is 1.24 bits per heavy atom. The van der Waals surface area contributed by atoms with E-state index in [0.717, 1.165) is 23.7 Å². The van der Waals surface area contributed by atoms with Gasteiger partial charge >= 0.3 is 0 Å². The Kier molecular flexibility index (Phi) is 3.90. The first-order chi connectivity index (χ1) is 10.2. The molecule has 2 aromatic rings. The maximum absolute atomic E-state index is 12.0. The van der Waals surface area contributed by atoms with Crippen LogP contribution in [0.4, 0.5) is 0 Å². The van der Waals surface area contributed by atoms with Gasteiger partial charge in [0, 0.05) is 29.9 Å². The molecule has 5 heteroatoms. The van der Waals surface area contributed by atoms with Crippen LogP contribution in [-0.2, 0) is 4.79 Å². The fraction of sp³-hybridized carbons (Fsp3) is 0.375. The van der Waals surface area contributed by atoms with Gasteiger partial charge in [0.1, 0.15) is 5.69 Å². The number of aromatic amines is 1. The number of aromatic nitrogens is 1. The Balaban J connectivity index is 1.44. The zero-order valence-corrected chi connectivity index (χ0v) is 11.8. The highest BCUT2D eigenvalue weighted by atomic mass is 16.2. The fourth-order valence-electron chi connectivity index (χ4n) is 2.27. The lowest BCUT2D eigenvalue weighted by atomic mass is 10.2. The molecule has 2 amide bonds. The standard InChI is InChI=1S/C16H19N3O2/c20-15(18-12-7-8-12)6-3-9-17-16(21)14-10-11-4-1-2-5-13(11)19-14/h1-2,4-5,10,12,19H,3,6-9H2,(H,17,21)(H,18,20). The molecule has 0 atom stereocenters. The molecule has 0 aliphatic heterocycles. The van der Waals surface area contributed by atoms with Gasteiger partial charge in [0.15, 0.2) is 0 Å². The minimum atomic E-state index is -0.131. The Hall–Kier alpha value is -2.30. The molecule has 1 aromatic carbocycles. The summed E-state index contributed by atoms with van der Waals surface area (Å²) in [4.78, 5) is 26.6. The second-order valence-electron chi connectivity index (χ2n) is 5.47. The van der Waals surface area contributed by atoms with Crippen LogP contribution in [0.1, 0.15) is 36.2 Å². The molecule has 1 aromatic heterocycles.